The van der Waals surface area contributed by atoms with Crippen LogP contribution in [0, 0.1) is 0 Å². The maximum atomic E-state index is 12.7. The van der Waals surface area contributed by atoms with E-state index in [9.17, 15) is 9.59 Å². The molecule has 0 unspecified atom stereocenters. The third kappa shape index (κ3) is 4.76. The monoisotopic (exact) mass is 368 g/mol. The zero-order chi connectivity index (χ0) is 19.2. The Morgan fingerprint density at radius 1 is 1.15 bits per heavy atom. The van der Waals surface area contributed by atoms with E-state index in [1.54, 1.807) is 0 Å². The van der Waals surface area contributed by atoms with Gasteiger partial charge in [0, 0.05) is 19.1 Å². The van der Waals surface area contributed by atoms with Gasteiger partial charge in [-0.15, -0.1) is 0 Å². The molecule has 0 fully saturated rings. The number of fused-ring (bicyclic) bond motifs is 1. The Bertz CT molecular complexity index is 796. The van der Waals surface area contributed by atoms with E-state index < -0.39 is 0 Å². The summed E-state index contributed by atoms with van der Waals surface area (Å²) in [5, 5.41) is 5.84. The van der Waals surface area contributed by atoms with Crippen molar-refractivity contribution in [1.82, 2.24) is 20.2 Å². The normalized spacial score (nSPS) is 13.3. The van der Waals surface area contributed by atoms with E-state index >= 15 is 0 Å². The first-order valence-corrected chi connectivity index (χ1v) is 9.78. The molecule has 27 heavy (non-hydrogen) atoms. The van der Waals surface area contributed by atoms with Crippen molar-refractivity contribution in [3.8, 4) is 0 Å². The molecule has 6 heteroatoms. The van der Waals surface area contributed by atoms with Gasteiger partial charge >= 0.3 is 0 Å². The molecular weight excluding hydrogens is 340 g/mol. The Kier molecular flexibility index (Phi) is 6.27. The zero-order valence-corrected chi connectivity index (χ0v) is 16.1. The Morgan fingerprint density at radius 2 is 1.93 bits per heavy atom. The van der Waals surface area contributed by atoms with Gasteiger partial charge in [0.1, 0.15) is 5.69 Å². The summed E-state index contributed by atoms with van der Waals surface area (Å²) in [6.45, 7) is 5.16. The van der Waals surface area contributed by atoms with Crippen molar-refractivity contribution >= 4 is 11.8 Å². The number of benzene rings is 1. The van der Waals surface area contributed by atoms with Crippen LogP contribution in [0.15, 0.2) is 30.3 Å². The third-order valence-electron chi connectivity index (χ3n) is 4.73. The molecule has 0 saturated carbocycles. The highest BCUT2D eigenvalue weighted by atomic mass is 16.2. The third-order valence-corrected chi connectivity index (χ3v) is 4.73. The number of nitrogens with one attached hydrogen (secondary N) is 2. The van der Waals surface area contributed by atoms with Gasteiger partial charge in [0.2, 0.25) is 0 Å². The van der Waals surface area contributed by atoms with E-state index in [0.717, 1.165) is 44.3 Å². The molecule has 0 saturated heterocycles. The van der Waals surface area contributed by atoms with Crippen LogP contribution >= 0.6 is 0 Å². The van der Waals surface area contributed by atoms with Gasteiger partial charge in [-0.25, -0.2) is 4.98 Å². The van der Waals surface area contributed by atoms with E-state index in [2.05, 4.69) is 27.8 Å². The molecule has 2 N–H and O–H groups in total. The van der Waals surface area contributed by atoms with Crippen LogP contribution in [0.2, 0.25) is 0 Å². The second-order valence-electron chi connectivity index (χ2n) is 7.31. The van der Waals surface area contributed by atoms with Gasteiger partial charge in [-0.05, 0) is 51.5 Å². The summed E-state index contributed by atoms with van der Waals surface area (Å²) < 4.78 is 1.92. The minimum Gasteiger partial charge on any atom is -0.349 e. The number of hydrogen-bond donors (Lipinski definition) is 2. The summed E-state index contributed by atoms with van der Waals surface area (Å²) in [7, 11) is 0. The lowest BCUT2D eigenvalue weighted by Crippen LogP contribution is -2.31. The SMILES string of the molecule is CC(C)NC(=O)c1nc(C(=O)NCCCc2ccccc2)n2c1CCCC2. The predicted molar refractivity (Wildman–Crippen MR) is 105 cm³/mol. The first kappa shape index (κ1) is 19.1. The average molecular weight is 368 g/mol. The van der Waals surface area contributed by atoms with E-state index in [4.69, 9.17) is 0 Å². The minimum absolute atomic E-state index is 0.0358. The molecule has 0 aliphatic carbocycles. The molecule has 2 amide bonds. The van der Waals surface area contributed by atoms with E-state index in [1.807, 2.05) is 36.6 Å². The smallest absolute Gasteiger partial charge is 0.287 e. The molecule has 2 aromatic rings. The molecule has 0 radical (unpaired) electrons. The van der Waals surface area contributed by atoms with Gasteiger partial charge in [-0.2, -0.15) is 0 Å². The lowest BCUT2D eigenvalue weighted by Gasteiger charge is -2.17. The van der Waals surface area contributed by atoms with Gasteiger partial charge in [-0.1, -0.05) is 30.3 Å². The van der Waals surface area contributed by atoms with Crippen LogP contribution < -0.4 is 10.6 Å². The standard InChI is InChI=1S/C21H28N4O2/c1-15(2)23-20(26)18-17-12-6-7-14-25(17)19(24-18)21(27)22-13-8-11-16-9-4-3-5-10-16/h3-5,9-10,15H,6-8,11-14H2,1-2H3,(H,22,27)(H,23,26). The molecule has 0 bridgehead atoms. The number of nitrogens with zero attached hydrogens (tertiary/aromatic N) is 2. The van der Waals surface area contributed by atoms with Crippen LogP contribution in [-0.2, 0) is 19.4 Å². The van der Waals surface area contributed by atoms with Crippen LogP contribution in [-0.4, -0.2) is 34.0 Å². The number of aryl methyl sites for hydroxylation is 1. The topological polar surface area (TPSA) is 76.0 Å². The number of carbonyl (C=O) groups is 2. The summed E-state index contributed by atoms with van der Waals surface area (Å²) in [4.78, 5) is 29.5. The highest BCUT2D eigenvalue weighted by Gasteiger charge is 2.27. The highest BCUT2D eigenvalue weighted by Crippen LogP contribution is 2.21. The van der Waals surface area contributed by atoms with Gasteiger partial charge in [0.25, 0.3) is 11.8 Å². The maximum absolute atomic E-state index is 12.7. The van der Waals surface area contributed by atoms with Gasteiger partial charge < -0.3 is 15.2 Å². The van der Waals surface area contributed by atoms with E-state index in [1.165, 1.54) is 5.56 Å². The Balaban J connectivity index is 1.65. The molecule has 1 aromatic carbocycles. The number of amides is 2. The highest BCUT2D eigenvalue weighted by molar-refractivity contribution is 5.97. The fourth-order valence-corrected chi connectivity index (χ4v) is 3.45. The van der Waals surface area contributed by atoms with Crippen molar-refractivity contribution in [2.75, 3.05) is 6.54 Å². The Morgan fingerprint density at radius 3 is 2.67 bits per heavy atom. The zero-order valence-electron chi connectivity index (χ0n) is 16.1. The number of aromatic nitrogens is 2. The summed E-state index contributed by atoms with van der Waals surface area (Å²) >= 11 is 0. The molecule has 0 atom stereocenters. The quantitative estimate of drug-likeness (QED) is 0.738. The molecule has 1 aromatic heterocycles. The summed E-state index contributed by atoms with van der Waals surface area (Å²) in [6.07, 6.45) is 4.59. The Labute approximate surface area is 160 Å². The summed E-state index contributed by atoms with van der Waals surface area (Å²) in [5.41, 5.74) is 2.55. The first-order valence-electron chi connectivity index (χ1n) is 9.78. The first-order chi connectivity index (χ1) is 13.1. The van der Waals surface area contributed by atoms with Crippen molar-refractivity contribution in [2.45, 2.75) is 58.5 Å². The van der Waals surface area contributed by atoms with Gasteiger partial charge in [0.05, 0.1) is 5.69 Å². The number of carbonyl (C=O) groups excluding carboxylic acids is 2. The van der Waals surface area contributed by atoms with Crippen LogP contribution in [0.4, 0.5) is 0 Å². The lowest BCUT2D eigenvalue weighted by atomic mass is 10.1. The molecule has 1 aliphatic rings. The lowest BCUT2D eigenvalue weighted by molar-refractivity contribution is 0.0935. The second-order valence-corrected chi connectivity index (χ2v) is 7.31. The van der Waals surface area contributed by atoms with Crippen molar-refractivity contribution in [2.24, 2.45) is 0 Å². The van der Waals surface area contributed by atoms with Crippen LogP contribution in [0.5, 0.6) is 0 Å². The van der Waals surface area contributed by atoms with Crippen molar-refractivity contribution in [1.29, 1.82) is 0 Å². The molecular formula is C21H28N4O2. The minimum atomic E-state index is -0.199. The molecule has 1 aliphatic heterocycles. The Hall–Kier alpha value is -2.63. The number of imidazole rings is 1. The van der Waals surface area contributed by atoms with Crippen LogP contribution in [0.3, 0.4) is 0 Å². The van der Waals surface area contributed by atoms with Crippen molar-refractivity contribution in [3.63, 3.8) is 0 Å². The van der Waals surface area contributed by atoms with E-state index in [0.29, 0.717) is 18.1 Å². The van der Waals surface area contributed by atoms with Crippen LogP contribution in [0.1, 0.15) is 65.5 Å². The summed E-state index contributed by atoms with van der Waals surface area (Å²) in [6, 6.07) is 10.3. The maximum Gasteiger partial charge on any atom is 0.287 e. The fourth-order valence-electron chi connectivity index (χ4n) is 3.45. The number of rotatable bonds is 7. The largest absolute Gasteiger partial charge is 0.349 e. The second kappa shape index (κ2) is 8.84. The fraction of sp³-hybridized carbons (Fsp3) is 0.476. The average Bonchev–Trinajstić information content (AvgIpc) is 3.05. The van der Waals surface area contributed by atoms with Gasteiger partial charge in [-0.3, -0.25) is 9.59 Å². The molecule has 6 nitrogen and oxygen atoms in total. The molecule has 144 valence electrons. The van der Waals surface area contributed by atoms with Crippen molar-refractivity contribution < 1.29 is 9.59 Å². The van der Waals surface area contributed by atoms with Crippen molar-refractivity contribution in [3.05, 3.63) is 53.1 Å². The van der Waals surface area contributed by atoms with Crippen LogP contribution in [0.25, 0.3) is 0 Å². The number of hydrogen-bond acceptors (Lipinski definition) is 3. The van der Waals surface area contributed by atoms with Gasteiger partial charge in [0.15, 0.2) is 5.82 Å². The predicted octanol–water partition coefficient (Wildman–Crippen LogP) is 2.72. The molecule has 2 heterocycles. The molecule has 3 rings (SSSR count). The van der Waals surface area contributed by atoms with E-state index in [-0.39, 0.29) is 17.9 Å². The molecule has 0 spiro atoms. The summed E-state index contributed by atoms with van der Waals surface area (Å²) in [5.74, 6) is -0.0353.